The summed E-state index contributed by atoms with van der Waals surface area (Å²) in [5, 5.41) is 11.3. The normalized spacial score (nSPS) is 26.7. The van der Waals surface area contributed by atoms with Crippen LogP contribution in [0.25, 0.3) is 0 Å². The molecule has 1 amide bonds. The van der Waals surface area contributed by atoms with Crippen LogP contribution >= 0.6 is 0 Å². The van der Waals surface area contributed by atoms with Gasteiger partial charge in [-0.05, 0) is 50.2 Å². The molecule has 28 heavy (non-hydrogen) atoms. The van der Waals surface area contributed by atoms with Crippen LogP contribution in [0.4, 0.5) is 0 Å². The zero-order valence-corrected chi connectivity index (χ0v) is 17.6. The molecule has 7 nitrogen and oxygen atoms in total. The number of nitrogens with zero attached hydrogens (tertiary/aromatic N) is 2. The minimum Gasteiger partial charge on any atom is -0.342 e. The summed E-state index contributed by atoms with van der Waals surface area (Å²) >= 11 is 0. The maximum atomic E-state index is 12.9. The van der Waals surface area contributed by atoms with E-state index in [2.05, 4.69) is 19.2 Å². The molecule has 2 atom stereocenters. The van der Waals surface area contributed by atoms with Crippen molar-refractivity contribution in [2.45, 2.75) is 50.5 Å². The zero-order valence-electron chi connectivity index (χ0n) is 16.8. The number of hydrogen-bond donors (Lipinski definition) is 2. The maximum absolute atomic E-state index is 12.9. The number of nitrogens with one attached hydrogen (secondary N) is 2. The SMILES string of the molecule is CC(C)CC1(C)NC(=N)N(CC2CCCN(S(=O)(=O)c3ccccc3)C2)C1=O. The summed E-state index contributed by atoms with van der Waals surface area (Å²) in [6.07, 6.45) is 2.26. The third-order valence-corrected chi connectivity index (χ3v) is 7.38. The summed E-state index contributed by atoms with van der Waals surface area (Å²) in [5.74, 6) is 0.376. The molecule has 0 aromatic heterocycles. The average Bonchev–Trinajstić information content (AvgIpc) is 2.85. The Morgan fingerprint density at radius 3 is 2.61 bits per heavy atom. The monoisotopic (exact) mass is 406 g/mol. The van der Waals surface area contributed by atoms with E-state index in [9.17, 15) is 13.2 Å². The molecule has 1 aromatic carbocycles. The summed E-state index contributed by atoms with van der Waals surface area (Å²) in [4.78, 5) is 14.7. The van der Waals surface area contributed by atoms with Crippen molar-refractivity contribution in [3.63, 3.8) is 0 Å². The molecule has 0 bridgehead atoms. The second-order valence-electron chi connectivity index (χ2n) is 8.50. The highest BCUT2D eigenvalue weighted by atomic mass is 32.2. The van der Waals surface area contributed by atoms with E-state index in [-0.39, 0.29) is 17.8 Å². The van der Waals surface area contributed by atoms with Gasteiger partial charge in [-0.25, -0.2) is 8.42 Å². The van der Waals surface area contributed by atoms with Crippen molar-refractivity contribution in [1.29, 1.82) is 5.41 Å². The predicted octanol–water partition coefficient (Wildman–Crippen LogP) is 2.26. The van der Waals surface area contributed by atoms with Crippen LogP contribution in [0.5, 0.6) is 0 Å². The fourth-order valence-electron chi connectivity index (χ4n) is 4.30. The van der Waals surface area contributed by atoms with E-state index in [4.69, 9.17) is 5.41 Å². The molecule has 2 saturated heterocycles. The van der Waals surface area contributed by atoms with E-state index in [0.717, 1.165) is 12.8 Å². The van der Waals surface area contributed by atoms with Gasteiger partial charge in [-0.1, -0.05) is 32.0 Å². The molecule has 0 radical (unpaired) electrons. The molecule has 8 heteroatoms. The molecular formula is C20H30N4O3S. The summed E-state index contributed by atoms with van der Waals surface area (Å²) in [5.41, 5.74) is -0.754. The molecule has 1 aromatic rings. The molecular weight excluding hydrogens is 376 g/mol. The van der Waals surface area contributed by atoms with Crippen LogP contribution in [-0.4, -0.2) is 54.7 Å². The Kier molecular flexibility index (Phi) is 5.82. The van der Waals surface area contributed by atoms with Crippen molar-refractivity contribution in [2.24, 2.45) is 11.8 Å². The van der Waals surface area contributed by atoms with Gasteiger partial charge in [0.2, 0.25) is 10.0 Å². The number of sulfonamides is 1. The Morgan fingerprint density at radius 1 is 1.29 bits per heavy atom. The van der Waals surface area contributed by atoms with Gasteiger partial charge in [0, 0.05) is 19.6 Å². The average molecular weight is 407 g/mol. The fourth-order valence-corrected chi connectivity index (χ4v) is 5.88. The van der Waals surface area contributed by atoms with Crippen molar-refractivity contribution in [3.05, 3.63) is 30.3 Å². The lowest BCUT2D eigenvalue weighted by atomic mass is 9.90. The fraction of sp³-hybridized carbons (Fsp3) is 0.600. The summed E-state index contributed by atoms with van der Waals surface area (Å²) in [7, 11) is -3.53. The van der Waals surface area contributed by atoms with Crippen LogP contribution < -0.4 is 5.32 Å². The highest BCUT2D eigenvalue weighted by Gasteiger charge is 2.46. The molecule has 3 rings (SSSR count). The first-order valence-corrected chi connectivity index (χ1v) is 11.3. The van der Waals surface area contributed by atoms with E-state index in [1.54, 1.807) is 30.3 Å². The van der Waals surface area contributed by atoms with E-state index < -0.39 is 15.6 Å². The first-order chi connectivity index (χ1) is 13.1. The summed E-state index contributed by atoms with van der Waals surface area (Å²) < 4.78 is 27.3. The molecule has 154 valence electrons. The molecule has 0 spiro atoms. The second-order valence-corrected chi connectivity index (χ2v) is 10.4. The second kappa shape index (κ2) is 7.83. The van der Waals surface area contributed by atoms with Gasteiger partial charge in [-0.2, -0.15) is 4.31 Å². The standard InChI is InChI=1S/C20H30N4O3S/c1-15(2)12-20(3)18(25)24(19(21)22-20)14-16-8-7-11-23(13-16)28(26,27)17-9-5-4-6-10-17/h4-6,9-10,15-16H,7-8,11-14H2,1-3H3,(H2,21,22). The number of hydrogen-bond acceptors (Lipinski definition) is 4. The Labute approximate surface area is 167 Å². The number of carbonyl (C=O) groups is 1. The third-order valence-electron chi connectivity index (χ3n) is 5.50. The van der Waals surface area contributed by atoms with E-state index >= 15 is 0 Å². The summed E-state index contributed by atoms with van der Waals surface area (Å²) in [6, 6.07) is 8.46. The van der Waals surface area contributed by atoms with E-state index in [1.807, 2.05) is 6.92 Å². The number of benzene rings is 1. The zero-order chi connectivity index (χ0) is 20.5. The van der Waals surface area contributed by atoms with Crippen LogP contribution in [0.1, 0.15) is 40.0 Å². The van der Waals surface area contributed by atoms with E-state index in [1.165, 1.54) is 9.21 Å². The highest BCUT2D eigenvalue weighted by molar-refractivity contribution is 7.89. The maximum Gasteiger partial charge on any atom is 0.254 e. The molecule has 2 fully saturated rings. The van der Waals surface area contributed by atoms with E-state index in [0.29, 0.717) is 36.9 Å². The van der Waals surface area contributed by atoms with Crippen molar-refractivity contribution >= 4 is 21.9 Å². The number of guanidine groups is 1. The molecule has 2 heterocycles. The van der Waals surface area contributed by atoms with Gasteiger partial charge in [0.1, 0.15) is 5.54 Å². The molecule has 2 N–H and O–H groups in total. The van der Waals surface area contributed by atoms with Gasteiger partial charge < -0.3 is 5.32 Å². The smallest absolute Gasteiger partial charge is 0.254 e. The highest BCUT2D eigenvalue weighted by Crippen LogP contribution is 2.28. The number of amides is 1. The first-order valence-electron chi connectivity index (χ1n) is 9.87. The number of piperidine rings is 1. The summed E-state index contributed by atoms with van der Waals surface area (Å²) in [6.45, 7) is 7.19. The molecule has 0 saturated carbocycles. The van der Waals surface area contributed by atoms with Crippen LogP contribution in [0.2, 0.25) is 0 Å². The van der Waals surface area contributed by atoms with Gasteiger partial charge in [0.25, 0.3) is 5.91 Å². The van der Waals surface area contributed by atoms with Crippen molar-refractivity contribution in [2.75, 3.05) is 19.6 Å². The van der Waals surface area contributed by atoms with Crippen molar-refractivity contribution < 1.29 is 13.2 Å². The van der Waals surface area contributed by atoms with Crippen LogP contribution in [0, 0.1) is 17.2 Å². The molecule has 2 aliphatic heterocycles. The lowest BCUT2D eigenvalue weighted by molar-refractivity contribution is -0.131. The van der Waals surface area contributed by atoms with Gasteiger partial charge in [-0.15, -0.1) is 0 Å². The number of rotatable bonds is 6. The van der Waals surface area contributed by atoms with Crippen LogP contribution in [0.3, 0.4) is 0 Å². The Hall–Kier alpha value is -1.93. The van der Waals surface area contributed by atoms with Crippen LogP contribution in [0.15, 0.2) is 35.2 Å². The molecule has 0 aliphatic carbocycles. The van der Waals surface area contributed by atoms with Crippen LogP contribution in [-0.2, 0) is 14.8 Å². The van der Waals surface area contributed by atoms with Gasteiger partial charge in [0.05, 0.1) is 4.90 Å². The Bertz CT molecular complexity index is 840. The topological polar surface area (TPSA) is 93.6 Å². The van der Waals surface area contributed by atoms with Crippen molar-refractivity contribution in [1.82, 2.24) is 14.5 Å². The van der Waals surface area contributed by atoms with Gasteiger partial charge in [0.15, 0.2) is 5.96 Å². The lowest BCUT2D eigenvalue weighted by Crippen LogP contribution is -2.47. The quantitative estimate of drug-likeness (QED) is 0.758. The largest absolute Gasteiger partial charge is 0.342 e. The number of carbonyl (C=O) groups excluding carboxylic acids is 1. The third kappa shape index (κ3) is 4.07. The molecule has 2 aliphatic rings. The molecule has 2 unspecified atom stereocenters. The minimum atomic E-state index is -3.53. The Balaban J connectivity index is 1.70. The van der Waals surface area contributed by atoms with Gasteiger partial charge >= 0.3 is 0 Å². The minimum absolute atomic E-state index is 0.0136. The Morgan fingerprint density at radius 2 is 1.96 bits per heavy atom. The van der Waals surface area contributed by atoms with Gasteiger partial charge in [-0.3, -0.25) is 15.1 Å². The first kappa shape index (κ1) is 20.8. The lowest BCUT2D eigenvalue weighted by Gasteiger charge is -2.33. The van der Waals surface area contributed by atoms with Crippen molar-refractivity contribution in [3.8, 4) is 0 Å². The predicted molar refractivity (Wildman–Crippen MR) is 108 cm³/mol.